The average Bonchev–Trinajstić information content (AvgIpc) is 2.43. The van der Waals surface area contributed by atoms with Crippen LogP contribution in [0.3, 0.4) is 0 Å². The van der Waals surface area contributed by atoms with E-state index in [2.05, 4.69) is 0 Å². The Morgan fingerprint density at radius 3 is 2.24 bits per heavy atom. The molecule has 0 spiro atoms. The first-order valence-corrected chi connectivity index (χ1v) is 5.88. The van der Waals surface area contributed by atoms with Crippen LogP contribution >= 0.6 is 0 Å². The van der Waals surface area contributed by atoms with Crippen LogP contribution in [0.2, 0.25) is 0 Å². The molecule has 2 aromatic rings. The van der Waals surface area contributed by atoms with Gasteiger partial charge in [0.1, 0.15) is 0 Å². The van der Waals surface area contributed by atoms with Gasteiger partial charge in [-0.3, -0.25) is 9.59 Å². The Hall–Kier alpha value is -2.14. The van der Waals surface area contributed by atoms with Gasteiger partial charge in [0.15, 0.2) is 11.6 Å². The SMILES string of the molecule is O=C1c2cccc([O-])c2C(=O)c2c([O-])cc(CO)cc21.[Mn+2]. The topological polar surface area (TPSA) is 100 Å². The van der Waals surface area contributed by atoms with Crippen LogP contribution in [0.4, 0.5) is 0 Å². The fraction of sp³-hybridized carbons (Fsp3) is 0.0667. The molecule has 0 aromatic heterocycles. The van der Waals surface area contributed by atoms with Crippen molar-refractivity contribution >= 4 is 11.6 Å². The molecule has 0 saturated heterocycles. The van der Waals surface area contributed by atoms with Crippen LogP contribution in [0.1, 0.15) is 37.4 Å². The van der Waals surface area contributed by atoms with E-state index in [4.69, 9.17) is 5.11 Å². The molecular formula is C15H8MnO5. The molecule has 3 rings (SSSR count). The van der Waals surface area contributed by atoms with Crippen molar-refractivity contribution in [2.24, 2.45) is 0 Å². The van der Waals surface area contributed by atoms with Crippen LogP contribution in [-0.2, 0) is 23.7 Å². The molecule has 1 aliphatic rings. The van der Waals surface area contributed by atoms with Gasteiger partial charge < -0.3 is 15.3 Å². The standard InChI is InChI=1S/C15H10O5.Mn/c16-6-7-4-9-13(11(18)5-7)15(20)12-8(14(9)19)2-1-3-10(12)17;/h1-5,16-18H,6H2;/q;+2/p-2. The number of aliphatic hydroxyl groups is 1. The van der Waals surface area contributed by atoms with Crippen molar-refractivity contribution in [3.8, 4) is 11.5 Å². The van der Waals surface area contributed by atoms with Crippen LogP contribution in [0.15, 0.2) is 30.3 Å². The van der Waals surface area contributed by atoms with Crippen molar-refractivity contribution in [3.63, 3.8) is 0 Å². The van der Waals surface area contributed by atoms with Crippen molar-refractivity contribution < 1.29 is 42.0 Å². The smallest absolute Gasteiger partial charge is 0.872 e. The minimum absolute atomic E-state index is 0. The molecule has 0 fully saturated rings. The van der Waals surface area contributed by atoms with E-state index in [1.165, 1.54) is 24.3 Å². The van der Waals surface area contributed by atoms with Crippen molar-refractivity contribution in [3.05, 3.63) is 58.1 Å². The number of rotatable bonds is 1. The zero-order valence-corrected chi connectivity index (χ0v) is 11.7. The van der Waals surface area contributed by atoms with Gasteiger partial charge in [0.05, 0.1) is 6.61 Å². The molecule has 6 heteroatoms. The van der Waals surface area contributed by atoms with Crippen molar-refractivity contribution in [2.75, 3.05) is 0 Å². The monoisotopic (exact) mass is 323 g/mol. The number of fused-ring (bicyclic) bond motifs is 2. The predicted molar refractivity (Wildman–Crippen MR) is 64.6 cm³/mol. The zero-order chi connectivity index (χ0) is 14.4. The van der Waals surface area contributed by atoms with E-state index in [1.54, 1.807) is 0 Å². The number of hydrogen-bond donors (Lipinski definition) is 1. The summed E-state index contributed by atoms with van der Waals surface area (Å²) in [6.45, 7) is -0.404. The Kier molecular flexibility index (Phi) is 3.87. The summed E-state index contributed by atoms with van der Waals surface area (Å²) in [6.07, 6.45) is 0. The fourth-order valence-corrected chi connectivity index (χ4v) is 2.40. The molecule has 0 unspecified atom stereocenters. The molecule has 0 saturated carbocycles. The van der Waals surface area contributed by atoms with Crippen LogP contribution in [0.5, 0.6) is 11.5 Å². The number of aliphatic hydroxyl groups excluding tert-OH is 1. The molecule has 2 aromatic carbocycles. The minimum atomic E-state index is -0.727. The van der Waals surface area contributed by atoms with Crippen LogP contribution in [0.25, 0.3) is 0 Å². The van der Waals surface area contributed by atoms with Crippen LogP contribution < -0.4 is 10.2 Å². The Morgan fingerprint density at radius 2 is 1.57 bits per heavy atom. The second-order valence-corrected chi connectivity index (χ2v) is 4.51. The van der Waals surface area contributed by atoms with Gasteiger partial charge in [-0.25, -0.2) is 0 Å². The molecule has 0 heterocycles. The van der Waals surface area contributed by atoms with Crippen molar-refractivity contribution in [1.29, 1.82) is 0 Å². The van der Waals surface area contributed by atoms with Crippen LogP contribution in [-0.4, -0.2) is 16.7 Å². The van der Waals surface area contributed by atoms with Gasteiger partial charge in [-0.05, 0) is 11.6 Å². The molecule has 1 aliphatic carbocycles. The normalized spacial score (nSPS) is 12.4. The summed E-state index contributed by atoms with van der Waals surface area (Å²) in [5.74, 6) is -2.50. The van der Waals surface area contributed by atoms with E-state index >= 15 is 0 Å². The summed E-state index contributed by atoms with van der Waals surface area (Å²) < 4.78 is 0. The zero-order valence-electron chi connectivity index (χ0n) is 10.6. The van der Waals surface area contributed by atoms with E-state index in [0.29, 0.717) is 0 Å². The Balaban J connectivity index is 0.00000161. The quantitative estimate of drug-likeness (QED) is 0.640. The molecule has 0 atom stereocenters. The molecule has 105 valence electrons. The first-order valence-electron chi connectivity index (χ1n) is 5.88. The maximum Gasteiger partial charge on any atom is 2.00 e. The van der Waals surface area contributed by atoms with E-state index < -0.39 is 29.7 Å². The van der Waals surface area contributed by atoms with Gasteiger partial charge in [-0.1, -0.05) is 35.8 Å². The first kappa shape index (κ1) is 15.3. The third-order valence-electron chi connectivity index (χ3n) is 3.31. The number of benzene rings is 2. The Labute approximate surface area is 130 Å². The molecule has 0 aliphatic heterocycles. The summed E-state index contributed by atoms with van der Waals surface area (Å²) in [4.78, 5) is 24.6. The fourth-order valence-electron chi connectivity index (χ4n) is 2.40. The molecule has 21 heavy (non-hydrogen) atoms. The largest absolute Gasteiger partial charge is 2.00 e. The van der Waals surface area contributed by atoms with E-state index in [0.717, 1.165) is 6.07 Å². The van der Waals surface area contributed by atoms with Gasteiger partial charge in [0.2, 0.25) is 0 Å². The average molecular weight is 323 g/mol. The summed E-state index contributed by atoms with van der Waals surface area (Å²) >= 11 is 0. The van der Waals surface area contributed by atoms with Gasteiger partial charge in [0, 0.05) is 22.3 Å². The molecule has 1 N–H and O–H groups in total. The summed E-state index contributed by atoms with van der Waals surface area (Å²) in [6, 6.07) is 6.38. The molecule has 0 bridgehead atoms. The van der Waals surface area contributed by atoms with Crippen molar-refractivity contribution in [2.45, 2.75) is 6.61 Å². The first-order chi connectivity index (χ1) is 9.54. The van der Waals surface area contributed by atoms with E-state index in [-0.39, 0.29) is 44.9 Å². The van der Waals surface area contributed by atoms with Gasteiger partial charge >= 0.3 is 17.1 Å². The number of ketones is 2. The summed E-state index contributed by atoms with van der Waals surface area (Å²) in [7, 11) is 0. The number of carbonyl (C=O) groups excluding carboxylic acids is 2. The van der Waals surface area contributed by atoms with Gasteiger partial charge in [0.25, 0.3) is 0 Å². The molecule has 0 amide bonds. The Bertz CT molecular complexity index is 767. The molecule has 5 nitrogen and oxygen atoms in total. The van der Waals surface area contributed by atoms with Gasteiger partial charge in [-0.15, -0.1) is 0 Å². The molecular weight excluding hydrogens is 315 g/mol. The maximum absolute atomic E-state index is 12.3. The van der Waals surface area contributed by atoms with E-state index in [9.17, 15) is 19.8 Å². The maximum atomic E-state index is 12.3. The number of hydrogen-bond acceptors (Lipinski definition) is 5. The van der Waals surface area contributed by atoms with Crippen LogP contribution in [0, 0.1) is 0 Å². The number of carbonyl (C=O) groups is 2. The Morgan fingerprint density at radius 1 is 0.905 bits per heavy atom. The summed E-state index contributed by atoms with van der Waals surface area (Å²) in [5, 5.41) is 32.8. The third-order valence-corrected chi connectivity index (χ3v) is 3.31. The second kappa shape index (κ2) is 5.33. The predicted octanol–water partition coefficient (Wildman–Crippen LogP) is 0.0990. The summed E-state index contributed by atoms with van der Waals surface area (Å²) in [5.41, 5.74) is -0.326. The van der Waals surface area contributed by atoms with Gasteiger partial charge in [-0.2, -0.15) is 0 Å². The second-order valence-electron chi connectivity index (χ2n) is 4.51. The molecule has 1 radical (unpaired) electrons. The third kappa shape index (κ3) is 2.14. The minimum Gasteiger partial charge on any atom is -0.872 e. The van der Waals surface area contributed by atoms with Crippen molar-refractivity contribution in [1.82, 2.24) is 0 Å². The van der Waals surface area contributed by atoms with E-state index in [1.807, 2.05) is 0 Å².